The number of nitrogens with zero attached hydrogens (tertiary/aromatic N) is 4. The second-order valence-electron chi connectivity index (χ2n) is 8.34. The number of carbonyl (C=O) groups is 1. The number of amides is 1. The molecule has 7 nitrogen and oxygen atoms in total. The Kier molecular flexibility index (Phi) is 6.35. The highest BCUT2D eigenvalue weighted by atomic mass is 16.5. The third-order valence-electron chi connectivity index (χ3n) is 5.66. The summed E-state index contributed by atoms with van der Waals surface area (Å²) in [4.78, 5) is 28.8. The Morgan fingerprint density at radius 3 is 2.53 bits per heavy atom. The summed E-state index contributed by atoms with van der Waals surface area (Å²) in [6.07, 6.45) is 1.94. The largest absolute Gasteiger partial charge is 0.497 e. The number of hydrogen-bond donors (Lipinski definition) is 1. The number of aromatic nitrogens is 3. The zero-order chi connectivity index (χ0) is 22.7. The second-order valence-corrected chi connectivity index (χ2v) is 8.34. The van der Waals surface area contributed by atoms with Crippen molar-refractivity contribution in [1.29, 1.82) is 0 Å². The van der Waals surface area contributed by atoms with Crippen molar-refractivity contribution in [2.75, 3.05) is 25.5 Å². The topological polar surface area (TPSA) is 80.2 Å². The lowest BCUT2D eigenvalue weighted by molar-refractivity contribution is 0.0705. The van der Waals surface area contributed by atoms with Crippen LogP contribution in [-0.4, -0.2) is 46.0 Å². The number of nitrogens with one attached hydrogen (secondary N) is 1. The van der Waals surface area contributed by atoms with Gasteiger partial charge in [-0.1, -0.05) is 6.07 Å². The first-order chi connectivity index (χ1) is 15.4. The van der Waals surface area contributed by atoms with Gasteiger partial charge in [-0.25, -0.2) is 9.97 Å². The first-order valence-electron chi connectivity index (χ1n) is 10.9. The Labute approximate surface area is 188 Å². The number of ether oxygens (including phenoxy) is 1. The molecule has 2 aromatic heterocycles. The number of hydrogen-bond acceptors (Lipinski definition) is 6. The van der Waals surface area contributed by atoms with Gasteiger partial charge in [-0.2, -0.15) is 0 Å². The molecule has 7 heteroatoms. The average molecular weight is 432 g/mol. The van der Waals surface area contributed by atoms with Crippen LogP contribution < -0.4 is 10.1 Å². The van der Waals surface area contributed by atoms with Crippen molar-refractivity contribution in [2.24, 2.45) is 0 Å². The van der Waals surface area contributed by atoms with Gasteiger partial charge in [0.2, 0.25) is 5.95 Å². The maximum Gasteiger partial charge on any atom is 0.254 e. The van der Waals surface area contributed by atoms with E-state index in [1.807, 2.05) is 56.0 Å². The molecule has 4 rings (SSSR count). The lowest BCUT2D eigenvalue weighted by Crippen LogP contribution is -2.39. The number of aryl methyl sites for hydroxylation is 3. The molecule has 1 saturated heterocycles. The van der Waals surface area contributed by atoms with E-state index >= 15 is 0 Å². The molecule has 0 radical (unpaired) electrons. The van der Waals surface area contributed by atoms with E-state index in [-0.39, 0.29) is 11.8 Å². The number of likely N-dealkylation sites (tertiary alicyclic amines) is 1. The van der Waals surface area contributed by atoms with Crippen LogP contribution in [0.3, 0.4) is 0 Å². The van der Waals surface area contributed by atoms with Gasteiger partial charge in [0.05, 0.1) is 7.11 Å². The minimum Gasteiger partial charge on any atom is -0.497 e. The number of methoxy groups -OCH3 is 1. The van der Waals surface area contributed by atoms with E-state index in [9.17, 15) is 4.79 Å². The Bertz CT molecular complexity index is 1110. The number of carbonyl (C=O) groups excluding carboxylic acids is 1. The third-order valence-corrected chi connectivity index (χ3v) is 5.66. The number of rotatable bonds is 5. The monoisotopic (exact) mass is 431 g/mol. The van der Waals surface area contributed by atoms with Gasteiger partial charge in [0.15, 0.2) is 0 Å². The van der Waals surface area contributed by atoms with E-state index in [2.05, 4.69) is 21.4 Å². The van der Waals surface area contributed by atoms with Gasteiger partial charge in [0, 0.05) is 53.0 Å². The van der Waals surface area contributed by atoms with E-state index in [0.29, 0.717) is 23.8 Å². The van der Waals surface area contributed by atoms with Crippen molar-refractivity contribution in [2.45, 2.75) is 39.5 Å². The van der Waals surface area contributed by atoms with Crippen molar-refractivity contribution >= 4 is 17.5 Å². The maximum atomic E-state index is 13.1. The molecule has 1 aromatic carbocycles. The van der Waals surface area contributed by atoms with Gasteiger partial charge >= 0.3 is 0 Å². The van der Waals surface area contributed by atoms with E-state index < -0.39 is 0 Å². The van der Waals surface area contributed by atoms with Gasteiger partial charge in [-0.3, -0.25) is 9.78 Å². The van der Waals surface area contributed by atoms with E-state index in [1.165, 1.54) is 0 Å². The third kappa shape index (κ3) is 5.04. The van der Waals surface area contributed by atoms with Crippen molar-refractivity contribution in [3.63, 3.8) is 0 Å². The van der Waals surface area contributed by atoms with Crippen LogP contribution in [0.2, 0.25) is 0 Å². The molecule has 0 spiro atoms. The van der Waals surface area contributed by atoms with Crippen LogP contribution in [0.25, 0.3) is 0 Å². The summed E-state index contributed by atoms with van der Waals surface area (Å²) in [7, 11) is 1.61. The molecule has 1 fully saturated rings. The molecule has 0 aliphatic carbocycles. The summed E-state index contributed by atoms with van der Waals surface area (Å²) in [5.41, 5.74) is 5.31. The molecule has 1 aliphatic heterocycles. The van der Waals surface area contributed by atoms with Crippen molar-refractivity contribution in [3.8, 4) is 5.75 Å². The lowest BCUT2D eigenvalue weighted by Gasteiger charge is -2.33. The first-order valence-corrected chi connectivity index (χ1v) is 10.9. The quantitative estimate of drug-likeness (QED) is 0.637. The van der Waals surface area contributed by atoms with Crippen LogP contribution in [0.1, 0.15) is 51.9 Å². The number of piperidine rings is 1. The molecule has 3 heterocycles. The van der Waals surface area contributed by atoms with E-state index in [4.69, 9.17) is 9.72 Å². The van der Waals surface area contributed by atoms with E-state index in [1.54, 1.807) is 13.2 Å². The molecular weight excluding hydrogens is 402 g/mol. The van der Waals surface area contributed by atoms with Gasteiger partial charge in [0.25, 0.3) is 5.91 Å². The highest BCUT2D eigenvalue weighted by Crippen LogP contribution is 2.29. The molecule has 3 aromatic rings. The van der Waals surface area contributed by atoms with Crippen LogP contribution in [-0.2, 0) is 0 Å². The average Bonchev–Trinajstić information content (AvgIpc) is 2.77. The molecule has 0 unspecified atom stereocenters. The fourth-order valence-corrected chi connectivity index (χ4v) is 4.23. The summed E-state index contributed by atoms with van der Waals surface area (Å²) in [6, 6.07) is 13.3. The van der Waals surface area contributed by atoms with Crippen LogP contribution >= 0.6 is 0 Å². The molecular formula is C25H29N5O2. The Morgan fingerprint density at radius 1 is 1.03 bits per heavy atom. The normalized spacial score (nSPS) is 16.0. The second kappa shape index (κ2) is 9.34. The van der Waals surface area contributed by atoms with Gasteiger partial charge in [-0.15, -0.1) is 0 Å². The summed E-state index contributed by atoms with van der Waals surface area (Å²) in [5.74, 6) is 1.48. The summed E-state index contributed by atoms with van der Waals surface area (Å²) in [5, 5.41) is 3.32. The zero-order valence-corrected chi connectivity index (χ0v) is 19.1. The van der Waals surface area contributed by atoms with Crippen molar-refractivity contribution in [1.82, 2.24) is 19.9 Å². The predicted molar refractivity (Wildman–Crippen MR) is 125 cm³/mol. The molecule has 0 bridgehead atoms. The minimum absolute atomic E-state index is 0.0308. The zero-order valence-electron chi connectivity index (χ0n) is 19.1. The molecule has 166 valence electrons. The van der Waals surface area contributed by atoms with Crippen molar-refractivity contribution in [3.05, 3.63) is 70.8 Å². The molecule has 1 aliphatic rings. The van der Waals surface area contributed by atoms with Gasteiger partial charge in [-0.05, 0) is 70.0 Å². The number of benzene rings is 1. The predicted octanol–water partition coefficient (Wildman–Crippen LogP) is 4.57. The smallest absolute Gasteiger partial charge is 0.254 e. The Morgan fingerprint density at radius 2 is 1.78 bits per heavy atom. The summed E-state index contributed by atoms with van der Waals surface area (Å²) < 4.78 is 5.27. The molecule has 0 saturated carbocycles. The standard InChI is InChI=1S/C25H29N5O2/c1-16-11-17(2)28-25(27-16)29-21-12-18(3)26-23(14-21)20-8-6-10-30(15-20)24(31)19-7-5-9-22(13-19)32-4/h5,7,9,11-14,20H,6,8,10,15H2,1-4H3,(H,26,27,28,29)/t20-/m1/s1. The van der Waals surface area contributed by atoms with Crippen LogP contribution in [0.15, 0.2) is 42.5 Å². The van der Waals surface area contributed by atoms with Crippen LogP contribution in [0.4, 0.5) is 11.6 Å². The fraction of sp³-hybridized carbons (Fsp3) is 0.360. The summed E-state index contributed by atoms with van der Waals surface area (Å²) in [6.45, 7) is 7.29. The highest BCUT2D eigenvalue weighted by Gasteiger charge is 2.27. The van der Waals surface area contributed by atoms with Crippen LogP contribution in [0, 0.1) is 20.8 Å². The molecule has 1 N–H and O–H groups in total. The minimum atomic E-state index is 0.0308. The fourth-order valence-electron chi connectivity index (χ4n) is 4.23. The Balaban J connectivity index is 1.53. The first kappa shape index (κ1) is 21.7. The highest BCUT2D eigenvalue weighted by molar-refractivity contribution is 5.94. The number of anilines is 2. The molecule has 1 amide bonds. The van der Waals surface area contributed by atoms with Crippen LogP contribution in [0.5, 0.6) is 5.75 Å². The van der Waals surface area contributed by atoms with E-state index in [0.717, 1.165) is 47.8 Å². The summed E-state index contributed by atoms with van der Waals surface area (Å²) >= 11 is 0. The molecule has 1 atom stereocenters. The number of pyridine rings is 1. The maximum absolute atomic E-state index is 13.1. The Hall–Kier alpha value is -3.48. The van der Waals surface area contributed by atoms with Crippen molar-refractivity contribution < 1.29 is 9.53 Å². The lowest BCUT2D eigenvalue weighted by atomic mass is 9.93. The molecule has 32 heavy (non-hydrogen) atoms. The SMILES string of the molecule is COc1cccc(C(=O)N2CCC[C@@H](c3cc(Nc4nc(C)cc(C)n4)cc(C)n3)C2)c1. The van der Waals surface area contributed by atoms with Gasteiger partial charge in [0.1, 0.15) is 5.75 Å². The van der Waals surface area contributed by atoms with Gasteiger partial charge < -0.3 is 15.0 Å².